The second-order valence-corrected chi connectivity index (χ2v) is 3.90. The van der Waals surface area contributed by atoms with E-state index in [0.29, 0.717) is 11.4 Å². The molecule has 0 aliphatic rings. The van der Waals surface area contributed by atoms with Crippen LogP contribution in [0.4, 0.5) is 16.2 Å². The van der Waals surface area contributed by atoms with E-state index >= 15 is 0 Å². The Morgan fingerprint density at radius 1 is 1.06 bits per heavy atom. The highest BCUT2D eigenvalue weighted by Crippen LogP contribution is 2.13. The molecule has 0 saturated heterocycles. The standard InChI is InChI=1S/C13H16N2O3/c1-9(2)8-12(16)14-10-4-6-11(7-5-10)15-13(17)18-3/h4-8H,1-3H3,(H,14,16)(H,15,17). The second-order valence-electron chi connectivity index (χ2n) is 3.90. The van der Waals surface area contributed by atoms with Crippen LogP contribution in [0.5, 0.6) is 0 Å². The number of amides is 2. The number of allylic oxidation sites excluding steroid dienone is 1. The number of carbonyl (C=O) groups is 2. The molecule has 0 fully saturated rings. The number of rotatable bonds is 3. The molecule has 2 N–H and O–H groups in total. The third-order valence-corrected chi connectivity index (χ3v) is 2.00. The minimum atomic E-state index is -0.531. The van der Waals surface area contributed by atoms with Gasteiger partial charge in [-0.05, 0) is 38.1 Å². The Morgan fingerprint density at radius 3 is 2.00 bits per heavy atom. The fourth-order valence-corrected chi connectivity index (χ4v) is 1.25. The Balaban J connectivity index is 2.63. The van der Waals surface area contributed by atoms with Crippen molar-refractivity contribution < 1.29 is 14.3 Å². The first-order valence-corrected chi connectivity index (χ1v) is 5.42. The molecule has 0 aromatic heterocycles. The zero-order valence-electron chi connectivity index (χ0n) is 10.6. The van der Waals surface area contributed by atoms with Crippen molar-refractivity contribution in [2.75, 3.05) is 17.7 Å². The summed E-state index contributed by atoms with van der Waals surface area (Å²) in [6.45, 7) is 3.70. The van der Waals surface area contributed by atoms with Crippen LogP contribution in [-0.4, -0.2) is 19.1 Å². The van der Waals surface area contributed by atoms with E-state index in [1.54, 1.807) is 24.3 Å². The van der Waals surface area contributed by atoms with Crippen LogP contribution in [0.2, 0.25) is 0 Å². The third-order valence-electron chi connectivity index (χ3n) is 2.00. The van der Waals surface area contributed by atoms with Crippen molar-refractivity contribution in [3.63, 3.8) is 0 Å². The molecule has 0 atom stereocenters. The fourth-order valence-electron chi connectivity index (χ4n) is 1.25. The number of anilines is 2. The van der Waals surface area contributed by atoms with E-state index in [4.69, 9.17) is 0 Å². The van der Waals surface area contributed by atoms with Gasteiger partial charge in [-0.2, -0.15) is 0 Å². The Kier molecular flexibility index (Phi) is 4.92. The predicted octanol–water partition coefficient (Wildman–Crippen LogP) is 2.77. The summed E-state index contributed by atoms with van der Waals surface area (Å²) in [5.74, 6) is -0.177. The quantitative estimate of drug-likeness (QED) is 0.808. The number of ether oxygens (including phenoxy) is 1. The molecule has 5 heteroatoms. The fraction of sp³-hybridized carbons (Fsp3) is 0.231. The van der Waals surface area contributed by atoms with Gasteiger partial charge >= 0.3 is 6.09 Å². The van der Waals surface area contributed by atoms with Crippen molar-refractivity contribution in [2.45, 2.75) is 13.8 Å². The molecular weight excluding hydrogens is 232 g/mol. The zero-order chi connectivity index (χ0) is 13.5. The molecule has 1 aromatic rings. The van der Waals surface area contributed by atoms with Crippen LogP contribution < -0.4 is 10.6 Å². The average Bonchev–Trinajstić information content (AvgIpc) is 2.30. The lowest BCUT2D eigenvalue weighted by Crippen LogP contribution is -2.11. The van der Waals surface area contributed by atoms with Crippen LogP contribution in [0.3, 0.4) is 0 Å². The van der Waals surface area contributed by atoms with Gasteiger partial charge in [-0.15, -0.1) is 0 Å². The molecule has 0 spiro atoms. The number of benzene rings is 1. The van der Waals surface area contributed by atoms with Gasteiger partial charge in [0.25, 0.3) is 0 Å². The summed E-state index contributed by atoms with van der Waals surface area (Å²) >= 11 is 0. The highest BCUT2D eigenvalue weighted by molar-refractivity contribution is 5.99. The molecular formula is C13H16N2O3. The molecule has 0 saturated carbocycles. The highest BCUT2D eigenvalue weighted by Gasteiger charge is 2.01. The molecule has 0 aliphatic carbocycles. The van der Waals surface area contributed by atoms with Crippen molar-refractivity contribution in [2.24, 2.45) is 0 Å². The van der Waals surface area contributed by atoms with Gasteiger partial charge in [-0.1, -0.05) is 5.57 Å². The minimum Gasteiger partial charge on any atom is -0.453 e. The molecule has 5 nitrogen and oxygen atoms in total. The maximum Gasteiger partial charge on any atom is 0.411 e. The number of methoxy groups -OCH3 is 1. The summed E-state index contributed by atoms with van der Waals surface area (Å²) in [4.78, 5) is 22.4. The van der Waals surface area contributed by atoms with Gasteiger partial charge in [-0.25, -0.2) is 4.79 Å². The van der Waals surface area contributed by atoms with Crippen LogP contribution in [0.15, 0.2) is 35.9 Å². The monoisotopic (exact) mass is 248 g/mol. The summed E-state index contributed by atoms with van der Waals surface area (Å²) in [5.41, 5.74) is 2.19. The number of hydrogen-bond acceptors (Lipinski definition) is 3. The van der Waals surface area contributed by atoms with Gasteiger partial charge < -0.3 is 10.1 Å². The smallest absolute Gasteiger partial charge is 0.411 e. The van der Waals surface area contributed by atoms with Gasteiger partial charge in [0.15, 0.2) is 0 Å². The topological polar surface area (TPSA) is 67.4 Å². The molecule has 0 aliphatic heterocycles. The first-order chi connectivity index (χ1) is 8.51. The van der Waals surface area contributed by atoms with Crippen molar-refractivity contribution in [1.29, 1.82) is 0 Å². The Morgan fingerprint density at radius 2 is 1.56 bits per heavy atom. The molecule has 1 aromatic carbocycles. The molecule has 1 rings (SSSR count). The van der Waals surface area contributed by atoms with E-state index in [1.165, 1.54) is 13.2 Å². The molecule has 0 bridgehead atoms. The van der Waals surface area contributed by atoms with Gasteiger partial charge in [0.05, 0.1) is 7.11 Å². The summed E-state index contributed by atoms with van der Waals surface area (Å²) in [5, 5.41) is 5.23. The summed E-state index contributed by atoms with van der Waals surface area (Å²) in [6, 6.07) is 6.74. The summed E-state index contributed by atoms with van der Waals surface area (Å²) in [7, 11) is 1.29. The Bertz CT molecular complexity index is 460. The van der Waals surface area contributed by atoms with E-state index in [9.17, 15) is 9.59 Å². The van der Waals surface area contributed by atoms with Crippen molar-refractivity contribution in [1.82, 2.24) is 0 Å². The third kappa shape index (κ3) is 4.69. The Labute approximate surface area is 106 Å². The van der Waals surface area contributed by atoms with Gasteiger partial charge in [0.1, 0.15) is 0 Å². The maximum absolute atomic E-state index is 11.5. The minimum absolute atomic E-state index is 0.177. The van der Waals surface area contributed by atoms with Crippen molar-refractivity contribution >= 4 is 23.4 Å². The lowest BCUT2D eigenvalue weighted by Gasteiger charge is -2.06. The van der Waals surface area contributed by atoms with Crippen LogP contribution >= 0.6 is 0 Å². The van der Waals surface area contributed by atoms with Crippen LogP contribution in [0.1, 0.15) is 13.8 Å². The van der Waals surface area contributed by atoms with Gasteiger partial charge in [-0.3, -0.25) is 10.1 Å². The zero-order valence-corrected chi connectivity index (χ0v) is 10.6. The summed E-state index contributed by atoms with van der Waals surface area (Å²) < 4.78 is 4.47. The first-order valence-electron chi connectivity index (χ1n) is 5.42. The van der Waals surface area contributed by atoms with Crippen molar-refractivity contribution in [3.05, 3.63) is 35.9 Å². The summed E-state index contributed by atoms with van der Waals surface area (Å²) in [6.07, 6.45) is 0.983. The molecule has 96 valence electrons. The predicted molar refractivity (Wildman–Crippen MR) is 70.5 cm³/mol. The van der Waals surface area contributed by atoms with Gasteiger partial charge in [0.2, 0.25) is 5.91 Å². The lowest BCUT2D eigenvalue weighted by molar-refractivity contribution is -0.111. The van der Waals surface area contributed by atoms with E-state index in [0.717, 1.165) is 5.57 Å². The normalized spacial score (nSPS) is 9.28. The lowest BCUT2D eigenvalue weighted by atomic mass is 10.2. The average molecular weight is 248 g/mol. The largest absolute Gasteiger partial charge is 0.453 e. The number of hydrogen-bond donors (Lipinski definition) is 2. The van der Waals surface area contributed by atoms with E-state index in [1.807, 2.05) is 13.8 Å². The maximum atomic E-state index is 11.5. The molecule has 0 heterocycles. The van der Waals surface area contributed by atoms with E-state index in [-0.39, 0.29) is 5.91 Å². The molecule has 0 unspecified atom stereocenters. The number of carbonyl (C=O) groups excluding carboxylic acids is 2. The van der Waals surface area contributed by atoms with E-state index in [2.05, 4.69) is 15.4 Å². The van der Waals surface area contributed by atoms with Crippen LogP contribution in [0.25, 0.3) is 0 Å². The first kappa shape index (κ1) is 13.8. The second kappa shape index (κ2) is 6.44. The van der Waals surface area contributed by atoms with Crippen LogP contribution in [0, 0.1) is 0 Å². The highest BCUT2D eigenvalue weighted by atomic mass is 16.5. The number of nitrogens with one attached hydrogen (secondary N) is 2. The Hall–Kier alpha value is -2.30. The van der Waals surface area contributed by atoms with Gasteiger partial charge in [0, 0.05) is 17.5 Å². The molecule has 0 radical (unpaired) electrons. The molecule has 2 amide bonds. The van der Waals surface area contributed by atoms with E-state index < -0.39 is 6.09 Å². The molecule has 18 heavy (non-hydrogen) atoms. The SMILES string of the molecule is COC(=O)Nc1ccc(NC(=O)C=C(C)C)cc1. The van der Waals surface area contributed by atoms with Crippen molar-refractivity contribution in [3.8, 4) is 0 Å². The van der Waals surface area contributed by atoms with Crippen LogP contribution in [-0.2, 0) is 9.53 Å².